The van der Waals surface area contributed by atoms with Gasteiger partial charge in [-0.25, -0.2) is 23.3 Å². The van der Waals surface area contributed by atoms with Crippen LogP contribution in [-0.4, -0.2) is 84.9 Å². The van der Waals surface area contributed by atoms with E-state index in [1.165, 1.54) is 15.4 Å². The van der Waals surface area contributed by atoms with Crippen LogP contribution in [0.2, 0.25) is 0 Å². The second-order valence-electron chi connectivity index (χ2n) is 12.6. The fourth-order valence-corrected chi connectivity index (χ4v) is 6.76. The number of rotatable bonds is 8. The molecular weight excluding hydrogens is 601 g/mol. The number of nitrogens with zero attached hydrogens (tertiary/aromatic N) is 7. The van der Waals surface area contributed by atoms with Crippen LogP contribution >= 0.6 is 0 Å². The predicted octanol–water partition coefficient (Wildman–Crippen LogP) is 3.52. The van der Waals surface area contributed by atoms with Crippen molar-refractivity contribution in [1.82, 2.24) is 44.9 Å². The molecule has 244 valence electrons. The van der Waals surface area contributed by atoms with E-state index in [2.05, 4.69) is 20.6 Å². The number of carbonyl (C=O) groups is 2. The standard InChI is InChI=1S/C29H36F5N9O2/c1-3-42-22(6-9-36-42)26(45)38-23(16-4-7-28(30,31)8-5-16)21-15-43-27(37-21)39-24(18-13-41(2)14-18)20(40-43)11-17-10-19(29(32,33)34)12-35-25(17)44/h6,9,15-19,23H,3-5,7-8,10-14H2,1-2H3,(H,35,44)(H,38,45)/t17-,19-,23+/m1/s1. The zero-order valence-electron chi connectivity index (χ0n) is 25.0. The molecule has 3 atom stereocenters. The van der Waals surface area contributed by atoms with Gasteiger partial charge in [0, 0.05) is 63.5 Å². The van der Waals surface area contributed by atoms with Crippen molar-refractivity contribution in [3.05, 3.63) is 41.2 Å². The van der Waals surface area contributed by atoms with Crippen molar-refractivity contribution in [3.8, 4) is 0 Å². The molecule has 16 heteroatoms. The van der Waals surface area contributed by atoms with Crippen molar-refractivity contribution in [3.63, 3.8) is 0 Å². The Kier molecular flexibility index (Phi) is 8.29. The minimum atomic E-state index is -4.43. The quantitative estimate of drug-likeness (QED) is 0.363. The highest BCUT2D eigenvalue weighted by molar-refractivity contribution is 5.92. The van der Waals surface area contributed by atoms with Gasteiger partial charge >= 0.3 is 6.18 Å². The van der Waals surface area contributed by atoms with Crippen molar-refractivity contribution in [2.45, 2.75) is 76.1 Å². The summed E-state index contributed by atoms with van der Waals surface area (Å²) in [5.41, 5.74) is 1.70. The molecular formula is C29H36F5N9O2. The molecule has 0 bridgehead atoms. The molecule has 3 fully saturated rings. The SMILES string of the molecule is CCn1nccc1C(=O)N[C@H](c1cn2nc(C[C@H]3C[C@@H](C(F)(F)F)CNC3=O)c(C3CN(C)C3)nc2n1)C1CCC(F)(F)CC1. The van der Waals surface area contributed by atoms with E-state index in [0.29, 0.717) is 42.4 Å². The molecule has 2 amide bonds. The lowest BCUT2D eigenvalue weighted by Crippen LogP contribution is -2.47. The number of likely N-dealkylation sites (N-methyl/N-ethyl adjacent to an activating group) is 1. The number of likely N-dealkylation sites (tertiary alicyclic amines) is 1. The van der Waals surface area contributed by atoms with Gasteiger partial charge in [0.25, 0.3) is 11.7 Å². The molecule has 2 saturated heterocycles. The molecule has 1 saturated carbocycles. The Morgan fingerprint density at radius 1 is 1.20 bits per heavy atom. The number of hydrogen-bond acceptors (Lipinski definition) is 7. The first kappa shape index (κ1) is 31.3. The molecule has 0 radical (unpaired) electrons. The van der Waals surface area contributed by atoms with E-state index in [4.69, 9.17) is 15.1 Å². The van der Waals surface area contributed by atoms with Gasteiger partial charge in [0.15, 0.2) is 0 Å². The number of nitrogens with one attached hydrogen (secondary N) is 2. The van der Waals surface area contributed by atoms with E-state index < -0.39 is 48.3 Å². The van der Waals surface area contributed by atoms with Gasteiger partial charge in [-0.1, -0.05) is 0 Å². The molecule has 0 aromatic carbocycles. The molecule has 11 nitrogen and oxygen atoms in total. The van der Waals surface area contributed by atoms with Gasteiger partial charge in [-0.15, -0.1) is 0 Å². The highest BCUT2D eigenvalue weighted by Gasteiger charge is 2.45. The van der Waals surface area contributed by atoms with Crippen molar-refractivity contribution < 1.29 is 31.5 Å². The van der Waals surface area contributed by atoms with Crippen LogP contribution < -0.4 is 10.6 Å². The first-order chi connectivity index (χ1) is 21.3. The molecule has 0 spiro atoms. The molecule has 2 N–H and O–H groups in total. The summed E-state index contributed by atoms with van der Waals surface area (Å²) in [6.07, 6.45) is -2.00. The second kappa shape index (κ2) is 11.9. The predicted molar refractivity (Wildman–Crippen MR) is 150 cm³/mol. The van der Waals surface area contributed by atoms with Gasteiger partial charge in [0.05, 0.1) is 35.2 Å². The number of amides is 2. The summed E-state index contributed by atoms with van der Waals surface area (Å²) in [6.45, 7) is 3.18. The van der Waals surface area contributed by atoms with E-state index >= 15 is 0 Å². The Morgan fingerprint density at radius 3 is 2.60 bits per heavy atom. The van der Waals surface area contributed by atoms with Gasteiger partial charge in [-0.3, -0.25) is 14.3 Å². The summed E-state index contributed by atoms with van der Waals surface area (Å²) in [6, 6.07) is 0.854. The number of alkyl halides is 5. The summed E-state index contributed by atoms with van der Waals surface area (Å²) in [5.74, 6) is -6.39. The molecule has 5 heterocycles. The number of halogens is 5. The zero-order chi connectivity index (χ0) is 32.1. The number of aryl methyl sites for hydroxylation is 1. The molecule has 0 unspecified atom stereocenters. The van der Waals surface area contributed by atoms with Crippen LogP contribution in [0.3, 0.4) is 0 Å². The normalized spacial score (nSPS) is 23.9. The number of aromatic nitrogens is 6. The van der Waals surface area contributed by atoms with E-state index in [1.807, 2.05) is 14.0 Å². The van der Waals surface area contributed by atoms with E-state index in [9.17, 15) is 31.5 Å². The number of hydrogen-bond donors (Lipinski definition) is 2. The van der Waals surface area contributed by atoms with Crippen molar-refractivity contribution >= 4 is 17.6 Å². The van der Waals surface area contributed by atoms with Gasteiger partial charge in [0.2, 0.25) is 11.8 Å². The molecule has 2 aliphatic heterocycles. The van der Waals surface area contributed by atoms with Crippen LogP contribution in [-0.2, 0) is 17.8 Å². The monoisotopic (exact) mass is 637 g/mol. The van der Waals surface area contributed by atoms with E-state index in [-0.39, 0.29) is 56.1 Å². The highest BCUT2D eigenvalue weighted by Crippen LogP contribution is 2.42. The molecule has 3 aromatic rings. The first-order valence-electron chi connectivity index (χ1n) is 15.3. The van der Waals surface area contributed by atoms with Crippen molar-refractivity contribution in [1.29, 1.82) is 0 Å². The second-order valence-corrected chi connectivity index (χ2v) is 12.6. The van der Waals surface area contributed by atoms with Crippen LogP contribution in [0.4, 0.5) is 22.0 Å². The topological polar surface area (TPSA) is 122 Å². The Hall–Kier alpha value is -3.69. The lowest BCUT2D eigenvalue weighted by Gasteiger charge is -2.36. The fourth-order valence-electron chi connectivity index (χ4n) is 6.76. The molecule has 45 heavy (non-hydrogen) atoms. The third-order valence-corrected chi connectivity index (χ3v) is 9.34. The minimum absolute atomic E-state index is 0.0245. The number of imidazole rings is 1. The maximum absolute atomic E-state index is 14.1. The Balaban J connectivity index is 1.34. The smallest absolute Gasteiger partial charge is 0.355 e. The third-order valence-electron chi connectivity index (χ3n) is 9.34. The lowest BCUT2D eigenvalue weighted by atomic mass is 9.81. The summed E-state index contributed by atoms with van der Waals surface area (Å²) in [7, 11) is 1.93. The summed E-state index contributed by atoms with van der Waals surface area (Å²) < 4.78 is 71.7. The molecule has 3 aliphatic rings. The molecule has 3 aromatic heterocycles. The minimum Gasteiger partial charge on any atom is -0.355 e. The van der Waals surface area contributed by atoms with Crippen molar-refractivity contribution in [2.75, 3.05) is 26.7 Å². The van der Waals surface area contributed by atoms with Gasteiger partial charge in [-0.05, 0) is 45.2 Å². The van der Waals surface area contributed by atoms with Crippen LogP contribution in [0.1, 0.15) is 78.6 Å². The Morgan fingerprint density at radius 2 is 1.93 bits per heavy atom. The number of carbonyl (C=O) groups excluding carboxylic acids is 2. The van der Waals surface area contributed by atoms with Crippen LogP contribution in [0.15, 0.2) is 18.5 Å². The van der Waals surface area contributed by atoms with Crippen LogP contribution in [0, 0.1) is 17.8 Å². The Labute approximate surface area is 255 Å². The zero-order valence-corrected chi connectivity index (χ0v) is 25.0. The van der Waals surface area contributed by atoms with Gasteiger partial charge in [-0.2, -0.15) is 23.4 Å². The molecule has 6 rings (SSSR count). The van der Waals surface area contributed by atoms with Gasteiger partial charge < -0.3 is 15.5 Å². The first-order valence-corrected chi connectivity index (χ1v) is 15.3. The largest absolute Gasteiger partial charge is 0.393 e. The van der Waals surface area contributed by atoms with Crippen molar-refractivity contribution in [2.24, 2.45) is 17.8 Å². The maximum atomic E-state index is 14.1. The summed E-state index contributed by atoms with van der Waals surface area (Å²) >= 11 is 0. The molecule has 1 aliphatic carbocycles. The summed E-state index contributed by atoms with van der Waals surface area (Å²) in [4.78, 5) is 37.6. The fraction of sp³-hybridized carbons (Fsp3) is 0.655. The van der Waals surface area contributed by atoms with Crippen LogP contribution in [0.25, 0.3) is 5.78 Å². The Bertz CT molecular complexity index is 1550. The van der Waals surface area contributed by atoms with E-state index in [1.54, 1.807) is 12.3 Å². The highest BCUT2D eigenvalue weighted by atomic mass is 19.4. The average molecular weight is 638 g/mol. The maximum Gasteiger partial charge on any atom is 0.393 e. The number of piperidine rings is 1. The van der Waals surface area contributed by atoms with Gasteiger partial charge in [0.1, 0.15) is 5.69 Å². The third kappa shape index (κ3) is 6.51. The summed E-state index contributed by atoms with van der Waals surface area (Å²) in [5, 5.41) is 14.3. The average Bonchev–Trinajstić information content (AvgIpc) is 3.61. The lowest BCUT2D eigenvalue weighted by molar-refractivity contribution is -0.183. The van der Waals surface area contributed by atoms with E-state index in [0.717, 1.165) is 0 Å². The van der Waals surface area contributed by atoms with Crippen LogP contribution in [0.5, 0.6) is 0 Å². The number of fused-ring (bicyclic) bond motifs is 1.